The van der Waals surface area contributed by atoms with Crippen LogP contribution in [0.2, 0.25) is 10.0 Å². The number of nitrogens with one attached hydrogen (secondary N) is 1. The largest absolute Gasteiger partial charge is 1.00 e. The third-order valence-electron chi connectivity index (χ3n) is 3.97. The predicted octanol–water partition coefficient (Wildman–Crippen LogP) is 1.57. The van der Waals surface area contributed by atoms with Crippen LogP contribution in [0.4, 0.5) is 0 Å². The molecule has 1 heterocycles. The summed E-state index contributed by atoms with van der Waals surface area (Å²) in [6.45, 7) is 1.10. The molecule has 128 valence electrons. The predicted molar refractivity (Wildman–Crippen MR) is 102 cm³/mol. The molecule has 0 aliphatic carbocycles. The average molecular weight is 401 g/mol. The number of hydrogen-bond donors (Lipinski definition) is 1. The van der Waals surface area contributed by atoms with Crippen LogP contribution in [0, 0.1) is 0 Å². The van der Waals surface area contributed by atoms with E-state index in [0.29, 0.717) is 0 Å². The Hall–Kier alpha value is -0.640. The van der Waals surface area contributed by atoms with Crippen LogP contribution in [0.5, 0.6) is 0 Å². The second-order valence-electron chi connectivity index (χ2n) is 6.09. The molecular formula is C19H20Cl3NS. The molecule has 24 heavy (non-hydrogen) atoms. The summed E-state index contributed by atoms with van der Waals surface area (Å²) >= 11 is 14.4. The molecule has 0 saturated heterocycles. The summed E-state index contributed by atoms with van der Waals surface area (Å²) in [6.07, 6.45) is 3.36. The van der Waals surface area contributed by atoms with E-state index in [1.54, 1.807) is 0 Å². The third kappa shape index (κ3) is 4.50. The van der Waals surface area contributed by atoms with Crippen molar-refractivity contribution in [2.45, 2.75) is 17.1 Å². The van der Waals surface area contributed by atoms with Gasteiger partial charge in [0.15, 0.2) is 0 Å². The minimum atomic E-state index is 0. The van der Waals surface area contributed by atoms with Crippen LogP contribution in [-0.4, -0.2) is 20.6 Å². The van der Waals surface area contributed by atoms with Crippen LogP contribution in [0.3, 0.4) is 0 Å². The number of hydrogen-bond acceptors (Lipinski definition) is 1. The van der Waals surface area contributed by atoms with Crippen molar-refractivity contribution in [3.8, 4) is 0 Å². The highest BCUT2D eigenvalue weighted by atomic mass is 35.5. The van der Waals surface area contributed by atoms with Crippen LogP contribution in [-0.2, 0) is 5.75 Å². The Morgan fingerprint density at radius 3 is 2.42 bits per heavy atom. The van der Waals surface area contributed by atoms with Crippen molar-refractivity contribution in [1.29, 1.82) is 0 Å². The SMILES string of the molecule is C[NH+](C)CC/C=C1\c2cc(Cl)ccc2CSc2ccc(Cl)cc21.[Cl-]. The molecule has 0 fully saturated rings. The lowest BCUT2D eigenvalue weighted by molar-refractivity contribution is -0.857. The van der Waals surface area contributed by atoms with Gasteiger partial charge in [-0.05, 0) is 52.6 Å². The lowest BCUT2D eigenvalue weighted by Gasteiger charge is -2.13. The number of quaternary nitrogens is 1. The summed E-state index contributed by atoms with van der Waals surface area (Å²) in [4.78, 5) is 2.73. The topological polar surface area (TPSA) is 4.44 Å². The van der Waals surface area contributed by atoms with Crippen LogP contribution in [0.25, 0.3) is 5.57 Å². The second kappa shape index (κ2) is 8.64. The molecule has 2 aromatic rings. The monoisotopic (exact) mass is 399 g/mol. The molecule has 5 heteroatoms. The molecule has 1 nitrogen and oxygen atoms in total. The van der Waals surface area contributed by atoms with Gasteiger partial charge in [0.05, 0.1) is 20.6 Å². The van der Waals surface area contributed by atoms with E-state index in [2.05, 4.69) is 44.4 Å². The van der Waals surface area contributed by atoms with Crippen LogP contribution < -0.4 is 17.3 Å². The Kier molecular flexibility index (Phi) is 7.09. The van der Waals surface area contributed by atoms with Gasteiger partial charge in [-0.3, -0.25) is 0 Å². The van der Waals surface area contributed by atoms with Gasteiger partial charge < -0.3 is 17.3 Å². The number of fused-ring (bicyclic) bond motifs is 2. The van der Waals surface area contributed by atoms with E-state index in [9.17, 15) is 0 Å². The zero-order chi connectivity index (χ0) is 16.4. The third-order valence-corrected chi connectivity index (χ3v) is 5.56. The Morgan fingerprint density at radius 2 is 1.71 bits per heavy atom. The zero-order valence-corrected chi connectivity index (χ0v) is 16.8. The van der Waals surface area contributed by atoms with Gasteiger partial charge in [-0.25, -0.2) is 0 Å². The van der Waals surface area contributed by atoms with Gasteiger partial charge in [0.25, 0.3) is 0 Å². The highest BCUT2D eigenvalue weighted by Crippen LogP contribution is 2.42. The Morgan fingerprint density at radius 1 is 1.04 bits per heavy atom. The lowest BCUT2D eigenvalue weighted by Crippen LogP contribution is -3.05. The van der Waals surface area contributed by atoms with Crippen molar-refractivity contribution in [3.05, 3.63) is 69.2 Å². The standard InChI is InChI=1S/C19H19Cl2NS.ClH/c1-22(2)9-3-4-16-17-10-14(20)6-5-13(17)12-23-19-8-7-15(21)11-18(16)19;/h4-8,10-11H,3,9,12H2,1-2H3;1H/b16-4+;. The highest BCUT2D eigenvalue weighted by Gasteiger charge is 2.19. The van der Waals surface area contributed by atoms with E-state index in [1.807, 2.05) is 23.9 Å². The van der Waals surface area contributed by atoms with E-state index in [0.717, 1.165) is 28.8 Å². The first-order chi connectivity index (χ1) is 11.0. The highest BCUT2D eigenvalue weighted by molar-refractivity contribution is 7.98. The smallest absolute Gasteiger partial charge is 0.0802 e. The lowest BCUT2D eigenvalue weighted by atomic mass is 9.93. The van der Waals surface area contributed by atoms with Crippen molar-refractivity contribution < 1.29 is 17.3 Å². The van der Waals surface area contributed by atoms with Gasteiger partial charge in [0, 0.05) is 27.1 Å². The van der Waals surface area contributed by atoms with Crippen molar-refractivity contribution >= 4 is 40.5 Å². The molecule has 2 aromatic carbocycles. The second-order valence-corrected chi connectivity index (χ2v) is 7.98. The summed E-state index contributed by atoms with van der Waals surface area (Å²) < 4.78 is 0. The Bertz CT molecular complexity index is 701. The molecule has 0 unspecified atom stereocenters. The Balaban J connectivity index is 0.00000208. The fourth-order valence-corrected chi connectivity index (χ4v) is 4.19. The van der Waals surface area contributed by atoms with Gasteiger partial charge in [-0.15, -0.1) is 11.8 Å². The van der Waals surface area contributed by atoms with E-state index in [4.69, 9.17) is 23.2 Å². The molecule has 0 spiro atoms. The van der Waals surface area contributed by atoms with Crippen molar-refractivity contribution in [1.82, 2.24) is 0 Å². The minimum Gasteiger partial charge on any atom is -1.00 e. The quantitative estimate of drug-likeness (QED) is 0.819. The van der Waals surface area contributed by atoms with Gasteiger partial charge in [0.1, 0.15) is 0 Å². The molecule has 3 rings (SSSR count). The van der Waals surface area contributed by atoms with Crippen LogP contribution in [0.15, 0.2) is 47.4 Å². The van der Waals surface area contributed by atoms with Crippen LogP contribution in [0.1, 0.15) is 23.1 Å². The normalized spacial score (nSPS) is 14.8. The number of thioether (sulfide) groups is 1. The van der Waals surface area contributed by atoms with Crippen molar-refractivity contribution in [2.75, 3.05) is 20.6 Å². The van der Waals surface area contributed by atoms with E-state index < -0.39 is 0 Å². The zero-order valence-electron chi connectivity index (χ0n) is 13.7. The van der Waals surface area contributed by atoms with Gasteiger partial charge >= 0.3 is 0 Å². The van der Waals surface area contributed by atoms with Gasteiger partial charge in [-0.1, -0.05) is 35.3 Å². The fourth-order valence-electron chi connectivity index (χ4n) is 2.79. The van der Waals surface area contributed by atoms with Crippen molar-refractivity contribution in [3.63, 3.8) is 0 Å². The van der Waals surface area contributed by atoms with Crippen LogP contribution >= 0.6 is 35.0 Å². The van der Waals surface area contributed by atoms with E-state index >= 15 is 0 Å². The molecule has 0 saturated carbocycles. The summed E-state index contributed by atoms with van der Waals surface area (Å²) in [6, 6.07) is 12.4. The summed E-state index contributed by atoms with van der Waals surface area (Å²) in [5.74, 6) is 0.956. The maximum Gasteiger partial charge on any atom is 0.0802 e. The first kappa shape index (κ1) is 19.7. The minimum absolute atomic E-state index is 0. The first-order valence-electron chi connectivity index (χ1n) is 7.75. The molecule has 1 aliphatic heterocycles. The Labute approximate surface area is 164 Å². The molecule has 0 amide bonds. The van der Waals surface area contributed by atoms with Crippen molar-refractivity contribution in [2.24, 2.45) is 0 Å². The average Bonchev–Trinajstić information content (AvgIpc) is 2.64. The molecular weight excluding hydrogens is 381 g/mol. The molecule has 0 radical (unpaired) electrons. The molecule has 0 bridgehead atoms. The molecule has 1 N–H and O–H groups in total. The maximum absolute atomic E-state index is 6.27. The van der Waals surface area contributed by atoms with E-state index in [1.165, 1.54) is 32.1 Å². The number of benzene rings is 2. The summed E-state index contributed by atoms with van der Waals surface area (Å²) in [5, 5.41) is 1.56. The van der Waals surface area contributed by atoms with Gasteiger partial charge in [-0.2, -0.15) is 0 Å². The number of rotatable bonds is 3. The van der Waals surface area contributed by atoms with Gasteiger partial charge in [0.2, 0.25) is 0 Å². The molecule has 0 aromatic heterocycles. The fraction of sp³-hybridized carbons (Fsp3) is 0.263. The van der Waals surface area contributed by atoms with E-state index in [-0.39, 0.29) is 12.4 Å². The molecule has 0 atom stereocenters. The first-order valence-corrected chi connectivity index (χ1v) is 9.49. The molecule has 1 aliphatic rings. The summed E-state index contributed by atoms with van der Waals surface area (Å²) in [7, 11) is 4.36. The number of halogens is 3. The summed E-state index contributed by atoms with van der Waals surface area (Å²) in [5.41, 5.74) is 5.04. The maximum atomic E-state index is 6.27.